The molecule has 1 rings (SSSR count). The van der Waals surface area contributed by atoms with E-state index < -0.39 is 10.0 Å². The van der Waals surface area contributed by atoms with Crippen LogP contribution in [0.15, 0.2) is 18.2 Å². The number of hydrogen-bond acceptors (Lipinski definition) is 2. The van der Waals surface area contributed by atoms with Gasteiger partial charge in [-0.2, -0.15) is 0 Å². The lowest BCUT2D eigenvalue weighted by molar-refractivity contribution is 0.587. The van der Waals surface area contributed by atoms with Gasteiger partial charge in [-0.1, -0.05) is 29.3 Å². The lowest BCUT2D eigenvalue weighted by Crippen LogP contribution is -2.21. The largest absolute Gasteiger partial charge is 0.213 e. The van der Waals surface area contributed by atoms with E-state index in [-0.39, 0.29) is 0 Å². The summed E-state index contributed by atoms with van der Waals surface area (Å²) in [6, 6.07) is 6.01. The molecule has 0 saturated carbocycles. The maximum Gasteiger partial charge on any atom is 0.209 e. The molecule has 14 heavy (non-hydrogen) atoms. The van der Waals surface area contributed by atoms with Crippen molar-refractivity contribution in [3.8, 4) is 0 Å². The van der Waals surface area contributed by atoms with Crippen LogP contribution in [-0.4, -0.2) is 14.7 Å². The van der Waals surface area contributed by atoms with Crippen molar-refractivity contribution in [1.29, 1.82) is 0 Å². The van der Waals surface area contributed by atoms with Crippen molar-refractivity contribution < 1.29 is 8.42 Å². The quantitative estimate of drug-likeness (QED) is 0.824. The zero-order chi connectivity index (χ0) is 10.8. The molecule has 1 aromatic carbocycles. The van der Waals surface area contributed by atoms with Crippen LogP contribution < -0.4 is 4.72 Å². The fraction of sp³-hybridized carbons (Fsp3) is 0.400. The van der Waals surface area contributed by atoms with Crippen molar-refractivity contribution in [1.82, 2.24) is 4.72 Å². The van der Waals surface area contributed by atoms with Crippen molar-refractivity contribution in [3.05, 3.63) is 34.9 Å². The summed E-state index contributed by atoms with van der Waals surface area (Å²) in [5.41, 5.74) is 3.29. The Morgan fingerprint density at radius 1 is 1.14 bits per heavy atom. The molecule has 0 spiro atoms. The Labute approximate surface area is 85.2 Å². The van der Waals surface area contributed by atoms with Gasteiger partial charge in [0.05, 0.1) is 6.26 Å². The Morgan fingerprint density at radius 2 is 1.64 bits per heavy atom. The normalized spacial score (nSPS) is 11.6. The van der Waals surface area contributed by atoms with Gasteiger partial charge in [-0.25, -0.2) is 13.1 Å². The topological polar surface area (TPSA) is 46.2 Å². The highest BCUT2D eigenvalue weighted by atomic mass is 32.2. The molecule has 3 nitrogen and oxygen atoms in total. The van der Waals surface area contributed by atoms with Gasteiger partial charge >= 0.3 is 0 Å². The Morgan fingerprint density at radius 3 is 2.07 bits per heavy atom. The van der Waals surface area contributed by atoms with Crippen molar-refractivity contribution in [2.45, 2.75) is 20.4 Å². The standard InChI is InChI=1S/C10H15NO2S/c1-8-4-9(2)6-10(5-8)7-11-14(3,12)13/h4-6,11H,7H2,1-3H3. The second kappa shape index (κ2) is 4.11. The average molecular weight is 213 g/mol. The fourth-order valence-electron chi connectivity index (χ4n) is 1.39. The van der Waals surface area contributed by atoms with Gasteiger partial charge in [-0.3, -0.25) is 0 Å². The highest BCUT2D eigenvalue weighted by molar-refractivity contribution is 7.88. The monoisotopic (exact) mass is 213 g/mol. The van der Waals surface area contributed by atoms with E-state index in [2.05, 4.69) is 10.8 Å². The zero-order valence-corrected chi connectivity index (χ0v) is 9.48. The maximum atomic E-state index is 10.9. The summed E-state index contributed by atoms with van der Waals surface area (Å²) in [5.74, 6) is 0. The molecule has 0 radical (unpaired) electrons. The summed E-state index contributed by atoms with van der Waals surface area (Å²) >= 11 is 0. The molecule has 0 bridgehead atoms. The molecule has 0 saturated heterocycles. The van der Waals surface area contributed by atoms with Gasteiger partial charge in [0, 0.05) is 6.54 Å². The number of aryl methyl sites for hydroxylation is 2. The minimum Gasteiger partial charge on any atom is -0.213 e. The Kier molecular flexibility index (Phi) is 3.29. The summed E-state index contributed by atoms with van der Waals surface area (Å²) in [7, 11) is -3.10. The first-order valence-electron chi connectivity index (χ1n) is 4.38. The number of hydrogen-bond donors (Lipinski definition) is 1. The van der Waals surface area contributed by atoms with Crippen LogP contribution in [-0.2, 0) is 16.6 Å². The van der Waals surface area contributed by atoms with Gasteiger partial charge in [0.1, 0.15) is 0 Å². The van der Waals surface area contributed by atoms with E-state index in [1.54, 1.807) is 0 Å². The van der Waals surface area contributed by atoms with Crippen LogP contribution in [0.3, 0.4) is 0 Å². The first-order valence-corrected chi connectivity index (χ1v) is 6.28. The van der Waals surface area contributed by atoms with E-state index in [1.807, 2.05) is 26.0 Å². The minimum absolute atomic E-state index is 0.362. The molecule has 0 fully saturated rings. The molecule has 0 aromatic heterocycles. The lowest BCUT2D eigenvalue weighted by atomic mass is 10.1. The van der Waals surface area contributed by atoms with Crippen molar-refractivity contribution in [2.75, 3.05) is 6.26 Å². The van der Waals surface area contributed by atoms with Gasteiger partial charge < -0.3 is 0 Å². The molecule has 78 valence electrons. The van der Waals surface area contributed by atoms with Crippen LogP contribution in [0.1, 0.15) is 16.7 Å². The molecule has 0 atom stereocenters. The highest BCUT2D eigenvalue weighted by Crippen LogP contribution is 2.08. The van der Waals surface area contributed by atoms with Crippen LogP contribution in [0.5, 0.6) is 0 Å². The second-order valence-electron chi connectivity index (χ2n) is 3.59. The highest BCUT2D eigenvalue weighted by Gasteiger charge is 2.01. The molecule has 1 N–H and O–H groups in total. The maximum absolute atomic E-state index is 10.9. The summed E-state index contributed by atoms with van der Waals surface area (Å²) in [6.45, 7) is 4.36. The second-order valence-corrected chi connectivity index (χ2v) is 5.42. The Balaban J connectivity index is 2.78. The van der Waals surface area contributed by atoms with Crippen molar-refractivity contribution in [3.63, 3.8) is 0 Å². The van der Waals surface area contributed by atoms with E-state index in [1.165, 1.54) is 0 Å². The van der Waals surface area contributed by atoms with Crippen LogP contribution in [0, 0.1) is 13.8 Å². The molecule has 1 aromatic rings. The van der Waals surface area contributed by atoms with Gasteiger partial charge in [-0.05, 0) is 19.4 Å². The third kappa shape index (κ3) is 3.89. The van der Waals surface area contributed by atoms with Crippen molar-refractivity contribution >= 4 is 10.0 Å². The molecule has 0 aliphatic heterocycles. The van der Waals surface area contributed by atoms with Crippen molar-refractivity contribution in [2.24, 2.45) is 0 Å². The predicted molar refractivity (Wildman–Crippen MR) is 57.6 cm³/mol. The SMILES string of the molecule is Cc1cc(C)cc(CNS(C)(=O)=O)c1. The Bertz CT molecular complexity index is 403. The number of rotatable bonds is 3. The molecule has 0 amide bonds. The third-order valence-electron chi connectivity index (χ3n) is 1.82. The third-order valence-corrected chi connectivity index (χ3v) is 2.49. The molecular weight excluding hydrogens is 198 g/mol. The van der Waals surface area contributed by atoms with E-state index in [0.717, 1.165) is 22.9 Å². The molecule has 0 aliphatic rings. The number of sulfonamides is 1. The molecule has 0 unspecified atom stereocenters. The smallest absolute Gasteiger partial charge is 0.209 e. The van der Waals surface area contributed by atoms with Gasteiger partial charge in [0.15, 0.2) is 0 Å². The van der Waals surface area contributed by atoms with E-state index in [0.29, 0.717) is 6.54 Å². The van der Waals surface area contributed by atoms with E-state index >= 15 is 0 Å². The van der Waals surface area contributed by atoms with E-state index in [4.69, 9.17) is 0 Å². The first kappa shape index (κ1) is 11.2. The van der Waals surface area contributed by atoms with Crippen LogP contribution in [0.4, 0.5) is 0 Å². The average Bonchev–Trinajstić information content (AvgIpc) is 1.97. The van der Waals surface area contributed by atoms with Gasteiger partial charge in [-0.15, -0.1) is 0 Å². The zero-order valence-electron chi connectivity index (χ0n) is 8.66. The molecular formula is C10H15NO2S. The molecule has 0 aliphatic carbocycles. The minimum atomic E-state index is -3.10. The predicted octanol–water partition coefficient (Wildman–Crippen LogP) is 1.35. The summed E-state index contributed by atoms with van der Waals surface area (Å²) in [5, 5.41) is 0. The molecule has 0 heterocycles. The lowest BCUT2D eigenvalue weighted by Gasteiger charge is -2.05. The van der Waals surface area contributed by atoms with Gasteiger partial charge in [0.2, 0.25) is 10.0 Å². The fourth-order valence-corrected chi connectivity index (χ4v) is 1.81. The summed E-state index contributed by atoms with van der Waals surface area (Å²) in [6.07, 6.45) is 1.16. The summed E-state index contributed by atoms with van der Waals surface area (Å²) in [4.78, 5) is 0. The van der Waals surface area contributed by atoms with Crippen LogP contribution >= 0.6 is 0 Å². The van der Waals surface area contributed by atoms with Crippen LogP contribution in [0.25, 0.3) is 0 Å². The first-order chi connectivity index (χ1) is 6.37. The van der Waals surface area contributed by atoms with Crippen LogP contribution in [0.2, 0.25) is 0 Å². The van der Waals surface area contributed by atoms with Gasteiger partial charge in [0.25, 0.3) is 0 Å². The van der Waals surface area contributed by atoms with E-state index in [9.17, 15) is 8.42 Å². The molecule has 4 heteroatoms. The Hall–Kier alpha value is -0.870. The summed E-state index contributed by atoms with van der Waals surface area (Å²) < 4.78 is 24.2. The number of nitrogens with one attached hydrogen (secondary N) is 1. The number of benzene rings is 1.